The van der Waals surface area contributed by atoms with Crippen LogP contribution in [0.5, 0.6) is 0 Å². The van der Waals surface area contributed by atoms with Crippen molar-refractivity contribution in [1.82, 2.24) is 19.8 Å². The number of aromatic nitrogens is 2. The van der Waals surface area contributed by atoms with E-state index in [1.165, 1.54) is 0 Å². The predicted molar refractivity (Wildman–Crippen MR) is 87.6 cm³/mol. The normalized spacial score (nSPS) is 24.5. The fraction of sp³-hybridized carbons (Fsp3) is 0.400. The summed E-state index contributed by atoms with van der Waals surface area (Å²) < 4.78 is 29.3. The monoisotopic (exact) mass is 347 g/mol. The number of nitrogens with one attached hydrogen (secondary N) is 1. The van der Waals surface area contributed by atoms with Crippen molar-refractivity contribution in [2.24, 2.45) is 4.40 Å². The number of carbonyl (C=O) groups is 1. The first-order valence-electron chi connectivity index (χ1n) is 7.81. The topological polar surface area (TPSA) is 96.7 Å². The van der Waals surface area contributed by atoms with Gasteiger partial charge in [-0.15, -0.1) is 4.40 Å². The van der Waals surface area contributed by atoms with E-state index in [-0.39, 0.29) is 29.1 Å². The number of aryl methyl sites for hydroxylation is 1. The molecule has 3 aliphatic heterocycles. The largest absolute Gasteiger partial charge is 0.347 e. The van der Waals surface area contributed by atoms with Crippen LogP contribution in [0.2, 0.25) is 0 Å². The molecule has 0 saturated heterocycles. The molecule has 1 atom stereocenters. The highest BCUT2D eigenvalue weighted by molar-refractivity contribution is 7.90. The number of nitrogens with zero attached hydrogens (tertiary/aromatic N) is 4. The van der Waals surface area contributed by atoms with Gasteiger partial charge >= 0.3 is 0 Å². The van der Waals surface area contributed by atoms with Crippen molar-refractivity contribution in [1.29, 1.82) is 0 Å². The van der Waals surface area contributed by atoms with Crippen molar-refractivity contribution < 1.29 is 13.2 Å². The number of hydrogen-bond donors (Lipinski definition) is 1. The summed E-state index contributed by atoms with van der Waals surface area (Å²) in [4.78, 5) is 18.6. The van der Waals surface area contributed by atoms with Gasteiger partial charge in [-0.3, -0.25) is 4.79 Å². The summed E-state index contributed by atoms with van der Waals surface area (Å²) in [7, 11) is -3.51. The average Bonchev–Trinajstić information content (AvgIpc) is 3.01. The quantitative estimate of drug-likeness (QED) is 0.800. The lowest BCUT2D eigenvalue weighted by molar-refractivity contribution is -0.117. The van der Waals surface area contributed by atoms with E-state index in [0.717, 1.165) is 18.7 Å². The van der Waals surface area contributed by atoms with Crippen molar-refractivity contribution in [2.45, 2.75) is 25.4 Å². The summed E-state index contributed by atoms with van der Waals surface area (Å²) in [6.45, 7) is 0.975. The van der Waals surface area contributed by atoms with Crippen LogP contribution in [0.1, 0.15) is 12.2 Å². The lowest BCUT2D eigenvalue weighted by Gasteiger charge is -2.30. The van der Waals surface area contributed by atoms with Gasteiger partial charge in [0, 0.05) is 44.1 Å². The summed E-state index contributed by atoms with van der Waals surface area (Å²) in [5.41, 5.74) is 0.289. The highest BCUT2D eigenvalue weighted by Gasteiger charge is 2.31. The van der Waals surface area contributed by atoms with Gasteiger partial charge in [0.1, 0.15) is 5.82 Å². The number of imidazole rings is 1. The summed E-state index contributed by atoms with van der Waals surface area (Å²) in [5.74, 6) is 0.894. The lowest BCUT2D eigenvalue weighted by atomic mass is 10.1. The van der Waals surface area contributed by atoms with Crippen LogP contribution in [0.15, 0.2) is 40.7 Å². The van der Waals surface area contributed by atoms with Gasteiger partial charge in [-0.1, -0.05) is 0 Å². The molecule has 0 spiro atoms. The van der Waals surface area contributed by atoms with E-state index in [2.05, 4.69) is 14.7 Å². The van der Waals surface area contributed by atoms with Crippen molar-refractivity contribution in [3.63, 3.8) is 0 Å². The molecule has 0 aromatic carbocycles. The number of fused-ring (bicyclic) bond motifs is 2. The Kier molecular flexibility index (Phi) is 3.52. The van der Waals surface area contributed by atoms with E-state index in [1.54, 1.807) is 29.4 Å². The number of allylic oxidation sites excluding steroid dienone is 2. The molecule has 24 heavy (non-hydrogen) atoms. The molecule has 0 fully saturated rings. The van der Waals surface area contributed by atoms with Gasteiger partial charge < -0.3 is 14.8 Å². The number of amidine groups is 1. The zero-order valence-electron chi connectivity index (χ0n) is 12.9. The van der Waals surface area contributed by atoms with E-state index in [1.807, 2.05) is 10.8 Å². The van der Waals surface area contributed by atoms with Gasteiger partial charge in [0.15, 0.2) is 5.84 Å². The molecule has 1 aromatic heterocycles. The van der Waals surface area contributed by atoms with Gasteiger partial charge in [-0.05, 0) is 18.6 Å². The Morgan fingerprint density at radius 1 is 1.38 bits per heavy atom. The average molecular weight is 347 g/mol. The highest BCUT2D eigenvalue weighted by atomic mass is 32.2. The maximum atomic E-state index is 12.6. The Balaban J connectivity index is 1.53. The maximum Gasteiger partial charge on any atom is 0.256 e. The number of carbonyl (C=O) groups excluding carboxylic acids is 1. The molecule has 3 aliphatic rings. The second-order valence-electron chi connectivity index (χ2n) is 6.02. The van der Waals surface area contributed by atoms with Crippen molar-refractivity contribution in [3.8, 4) is 0 Å². The molecule has 0 unspecified atom stereocenters. The molecule has 8 nitrogen and oxygen atoms in total. The van der Waals surface area contributed by atoms with Gasteiger partial charge in [0.05, 0.1) is 11.3 Å². The van der Waals surface area contributed by atoms with Gasteiger partial charge in [0.2, 0.25) is 0 Å². The Hall–Kier alpha value is -2.42. The fourth-order valence-corrected chi connectivity index (χ4v) is 4.13. The molecular formula is C15H17N5O3S. The van der Waals surface area contributed by atoms with Gasteiger partial charge in [-0.25, -0.2) is 13.4 Å². The first-order chi connectivity index (χ1) is 11.5. The molecule has 9 heteroatoms. The van der Waals surface area contributed by atoms with Crippen LogP contribution in [0.4, 0.5) is 0 Å². The van der Waals surface area contributed by atoms with Crippen molar-refractivity contribution in [2.75, 3.05) is 12.3 Å². The van der Waals surface area contributed by atoms with E-state index >= 15 is 0 Å². The third kappa shape index (κ3) is 2.75. The molecule has 0 aliphatic carbocycles. The molecule has 4 rings (SSSR count). The van der Waals surface area contributed by atoms with E-state index in [0.29, 0.717) is 13.1 Å². The predicted octanol–water partition coefficient (Wildman–Crippen LogP) is -0.188. The number of hydrogen-bond acceptors (Lipinski definition) is 5. The number of sulfonamides is 1. The lowest BCUT2D eigenvalue weighted by Crippen LogP contribution is -2.46. The third-order valence-electron chi connectivity index (χ3n) is 4.37. The molecule has 126 valence electrons. The Morgan fingerprint density at radius 3 is 3.12 bits per heavy atom. The van der Waals surface area contributed by atoms with Crippen LogP contribution in [0.25, 0.3) is 0 Å². The zero-order valence-corrected chi connectivity index (χ0v) is 13.7. The van der Waals surface area contributed by atoms with Crippen LogP contribution >= 0.6 is 0 Å². The summed E-state index contributed by atoms with van der Waals surface area (Å²) in [5, 5.41) is 2.99. The Bertz CT molecular complexity index is 881. The summed E-state index contributed by atoms with van der Waals surface area (Å²) in [6.07, 6.45) is 10.3. The van der Waals surface area contributed by atoms with Gasteiger partial charge in [-0.2, -0.15) is 0 Å². The molecule has 0 bridgehead atoms. The first kappa shape index (κ1) is 15.1. The van der Waals surface area contributed by atoms with Crippen molar-refractivity contribution >= 4 is 21.8 Å². The van der Waals surface area contributed by atoms with Gasteiger partial charge in [0.25, 0.3) is 15.9 Å². The molecule has 1 N–H and O–H groups in total. The molecule has 0 saturated carbocycles. The first-order valence-corrected chi connectivity index (χ1v) is 9.42. The minimum Gasteiger partial charge on any atom is -0.347 e. The van der Waals surface area contributed by atoms with E-state index in [9.17, 15) is 13.2 Å². The Morgan fingerprint density at radius 2 is 2.25 bits per heavy atom. The van der Waals surface area contributed by atoms with Crippen LogP contribution in [-0.2, 0) is 27.8 Å². The minimum absolute atomic E-state index is 0.0137. The second-order valence-corrected chi connectivity index (χ2v) is 7.78. The van der Waals surface area contributed by atoms with E-state index in [4.69, 9.17) is 0 Å². The van der Waals surface area contributed by atoms with Crippen LogP contribution in [-0.4, -0.2) is 53.0 Å². The van der Waals surface area contributed by atoms with E-state index < -0.39 is 10.0 Å². The third-order valence-corrected chi connectivity index (χ3v) is 5.52. The summed E-state index contributed by atoms with van der Waals surface area (Å²) >= 11 is 0. The SMILES string of the molecule is O=C(N[C@H]1CCc2nccn2C1)C1=CC=CN2CCS(=O)(=O)N=C12. The second kappa shape index (κ2) is 5.59. The van der Waals surface area contributed by atoms with Crippen LogP contribution in [0, 0.1) is 0 Å². The fourth-order valence-electron chi connectivity index (χ4n) is 3.14. The molecular weight excluding hydrogens is 330 g/mol. The molecule has 1 aromatic rings. The minimum atomic E-state index is -3.51. The molecule has 4 heterocycles. The van der Waals surface area contributed by atoms with Crippen molar-refractivity contribution in [3.05, 3.63) is 42.1 Å². The maximum absolute atomic E-state index is 12.6. The Labute approximate surface area is 139 Å². The smallest absolute Gasteiger partial charge is 0.256 e. The zero-order chi connectivity index (χ0) is 16.7. The van der Waals surface area contributed by atoms with Crippen LogP contribution < -0.4 is 5.32 Å². The standard InChI is InChI=1S/C15H17N5O3S/c21-15(17-11-3-4-13-16-5-7-20(13)10-11)12-2-1-6-19-8-9-24(22,23)18-14(12)19/h1-2,5-7,11H,3-4,8-10H2,(H,17,21)/t11-/m0/s1. The highest BCUT2D eigenvalue weighted by Crippen LogP contribution is 2.19. The summed E-state index contributed by atoms with van der Waals surface area (Å²) in [6, 6.07) is -0.0137. The number of rotatable bonds is 2. The van der Waals surface area contributed by atoms with Crippen LogP contribution in [0.3, 0.4) is 0 Å². The molecule has 1 amide bonds. The molecule has 0 radical (unpaired) electrons. The number of amides is 1.